The Balaban J connectivity index is 2.65. The van der Waals surface area contributed by atoms with Gasteiger partial charge in [0, 0.05) is 12.2 Å². The van der Waals surface area contributed by atoms with E-state index in [2.05, 4.69) is 5.32 Å². The molecule has 1 aromatic carbocycles. The topological polar surface area (TPSA) is 52.6 Å². The molecule has 0 bridgehead atoms. The molecule has 0 radical (unpaired) electrons. The van der Waals surface area contributed by atoms with Gasteiger partial charge in [0.1, 0.15) is 0 Å². The van der Waals surface area contributed by atoms with Crippen molar-refractivity contribution in [1.29, 1.82) is 0 Å². The summed E-state index contributed by atoms with van der Waals surface area (Å²) >= 11 is 0. The van der Waals surface area contributed by atoms with Crippen LogP contribution in [-0.4, -0.2) is 41.1 Å². The summed E-state index contributed by atoms with van der Waals surface area (Å²) in [6.07, 6.45) is 0. The Morgan fingerprint density at radius 3 is 2.55 bits per heavy atom. The van der Waals surface area contributed by atoms with Gasteiger partial charge in [0.15, 0.2) is 0 Å². The number of anilines is 1. The molecule has 0 unspecified atom stereocenters. The number of nitrogens with zero attached hydrogens (tertiary/aromatic N) is 1. The van der Waals surface area contributed by atoms with E-state index in [-0.39, 0.29) is 12.5 Å². The van der Waals surface area contributed by atoms with Gasteiger partial charge in [-0.3, -0.25) is 9.69 Å². The third kappa shape index (κ3) is 5.31. The van der Waals surface area contributed by atoms with E-state index in [0.717, 1.165) is 23.4 Å². The van der Waals surface area contributed by atoms with Gasteiger partial charge in [-0.2, -0.15) is 0 Å². The quantitative estimate of drug-likeness (QED) is 0.839. The van der Waals surface area contributed by atoms with Crippen LogP contribution in [-0.2, 0) is 4.79 Å². The molecule has 0 aromatic heterocycles. The molecular formula is C16H26N2O2. The average Bonchev–Trinajstić information content (AvgIpc) is 2.32. The van der Waals surface area contributed by atoms with Gasteiger partial charge in [0.2, 0.25) is 5.91 Å². The minimum Gasteiger partial charge on any atom is -0.389 e. The lowest BCUT2D eigenvalue weighted by Gasteiger charge is -2.27. The zero-order chi connectivity index (χ0) is 15.3. The lowest BCUT2D eigenvalue weighted by Crippen LogP contribution is -2.42. The Bertz CT molecular complexity index is 464. The summed E-state index contributed by atoms with van der Waals surface area (Å²) in [5.74, 6) is -0.0511. The Hall–Kier alpha value is -1.39. The molecule has 0 aliphatic carbocycles. The Kier molecular flexibility index (Phi) is 5.72. The number of likely N-dealkylation sites (N-methyl/N-ethyl adjacent to an activating group) is 1. The van der Waals surface area contributed by atoms with Crippen molar-refractivity contribution in [3.63, 3.8) is 0 Å². The van der Waals surface area contributed by atoms with E-state index < -0.39 is 5.60 Å². The van der Waals surface area contributed by atoms with E-state index in [1.54, 1.807) is 13.8 Å². The van der Waals surface area contributed by atoms with Crippen molar-refractivity contribution in [2.24, 2.45) is 0 Å². The number of amides is 1. The van der Waals surface area contributed by atoms with Crippen LogP contribution in [0.1, 0.15) is 31.9 Å². The monoisotopic (exact) mass is 278 g/mol. The van der Waals surface area contributed by atoms with Crippen LogP contribution in [0.3, 0.4) is 0 Å². The van der Waals surface area contributed by atoms with Crippen molar-refractivity contribution < 1.29 is 9.90 Å². The van der Waals surface area contributed by atoms with Crippen LogP contribution in [0.5, 0.6) is 0 Å². The standard InChI is InChI=1S/C16H26N2O2/c1-6-18(11-16(4,5)20)10-15(19)17-14-9-7-8-12(2)13(14)3/h7-9,20H,6,10-11H2,1-5H3,(H,17,19). The van der Waals surface area contributed by atoms with Crippen LogP contribution < -0.4 is 5.32 Å². The fourth-order valence-corrected chi connectivity index (χ4v) is 2.11. The second-order valence-corrected chi connectivity index (χ2v) is 5.91. The summed E-state index contributed by atoms with van der Waals surface area (Å²) in [6.45, 7) is 11.0. The van der Waals surface area contributed by atoms with Crippen molar-refractivity contribution in [1.82, 2.24) is 4.90 Å². The van der Waals surface area contributed by atoms with Gasteiger partial charge in [0.25, 0.3) is 0 Å². The Morgan fingerprint density at radius 1 is 1.35 bits per heavy atom. The Labute approximate surface area is 121 Å². The third-order valence-corrected chi connectivity index (χ3v) is 3.30. The lowest BCUT2D eigenvalue weighted by molar-refractivity contribution is -0.117. The second-order valence-electron chi connectivity index (χ2n) is 5.91. The zero-order valence-corrected chi connectivity index (χ0v) is 13.2. The van der Waals surface area contributed by atoms with Crippen LogP contribution in [0.15, 0.2) is 18.2 Å². The molecule has 4 nitrogen and oxygen atoms in total. The predicted octanol–water partition coefficient (Wildman–Crippen LogP) is 2.33. The van der Waals surface area contributed by atoms with Crippen molar-refractivity contribution >= 4 is 11.6 Å². The molecule has 20 heavy (non-hydrogen) atoms. The molecule has 4 heteroatoms. The van der Waals surface area contributed by atoms with Gasteiger partial charge in [-0.15, -0.1) is 0 Å². The number of hydrogen-bond acceptors (Lipinski definition) is 3. The summed E-state index contributed by atoms with van der Waals surface area (Å²) in [5, 5.41) is 12.8. The first kappa shape index (κ1) is 16.7. The first-order valence-corrected chi connectivity index (χ1v) is 7.03. The number of aryl methyl sites for hydroxylation is 1. The fourth-order valence-electron chi connectivity index (χ4n) is 2.11. The average molecular weight is 278 g/mol. The number of rotatable bonds is 6. The van der Waals surface area contributed by atoms with E-state index in [0.29, 0.717) is 6.54 Å². The largest absolute Gasteiger partial charge is 0.389 e. The van der Waals surface area contributed by atoms with Gasteiger partial charge in [-0.25, -0.2) is 0 Å². The fraction of sp³-hybridized carbons (Fsp3) is 0.562. The first-order valence-electron chi connectivity index (χ1n) is 7.03. The molecule has 1 rings (SSSR count). The van der Waals surface area contributed by atoms with Crippen LogP contribution in [0.4, 0.5) is 5.69 Å². The maximum absolute atomic E-state index is 12.1. The maximum atomic E-state index is 12.1. The van der Waals surface area contributed by atoms with E-state index in [1.807, 2.05) is 43.9 Å². The summed E-state index contributed by atoms with van der Waals surface area (Å²) in [4.78, 5) is 14.0. The number of benzene rings is 1. The highest BCUT2D eigenvalue weighted by molar-refractivity contribution is 5.93. The predicted molar refractivity (Wildman–Crippen MR) is 83.0 cm³/mol. The second kappa shape index (κ2) is 6.86. The number of carbonyl (C=O) groups is 1. The lowest BCUT2D eigenvalue weighted by atomic mass is 10.1. The molecule has 0 aliphatic heterocycles. The smallest absolute Gasteiger partial charge is 0.238 e. The summed E-state index contributed by atoms with van der Waals surface area (Å²) in [6, 6.07) is 5.87. The van der Waals surface area contributed by atoms with E-state index in [4.69, 9.17) is 0 Å². The van der Waals surface area contributed by atoms with E-state index >= 15 is 0 Å². The highest BCUT2D eigenvalue weighted by Crippen LogP contribution is 2.17. The molecule has 0 spiro atoms. The van der Waals surface area contributed by atoms with Crippen LogP contribution in [0, 0.1) is 13.8 Å². The van der Waals surface area contributed by atoms with E-state index in [1.165, 1.54) is 0 Å². The van der Waals surface area contributed by atoms with Crippen LogP contribution in [0.2, 0.25) is 0 Å². The van der Waals surface area contributed by atoms with Gasteiger partial charge in [0.05, 0.1) is 12.1 Å². The summed E-state index contributed by atoms with van der Waals surface area (Å²) < 4.78 is 0. The first-order chi connectivity index (χ1) is 9.23. The minimum atomic E-state index is -0.796. The summed E-state index contributed by atoms with van der Waals surface area (Å²) in [7, 11) is 0. The molecular weight excluding hydrogens is 252 g/mol. The molecule has 2 N–H and O–H groups in total. The highest BCUT2D eigenvalue weighted by Gasteiger charge is 2.19. The highest BCUT2D eigenvalue weighted by atomic mass is 16.3. The van der Waals surface area contributed by atoms with Gasteiger partial charge >= 0.3 is 0 Å². The van der Waals surface area contributed by atoms with Crippen LogP contribution >= 0.6 is 0 Å². The Morgan fingerprint density at radius 2 is 2.00 bits per heavy atom. The van der Waals surface area contributed by atoms with Gasteiger partial charge in [-0.1, -0.05) is 19.1 Å². The normalized spacial score (nSPS) is 11.8. The number of aliphatic hydroxyl groups is 1. The zero-order valence-electron chi connectivity index (χ0n) is 13.2. The van der Waals surface area contributed by atoms with E-state index in [9.17, 15) is 9.90 Å². The molecule has 0 fully saturated rings. The molecule has 0 heterocycles. The van der Waals surface area contributed by atoms with Crippen molar-refractivity contribution in [3.8, 4) is 0 Å². The van der Waals surface area contributed by atoms with Crippen molar-refractivity contribution in [3.05, 3.63) is 29.3 Å². The molecule has 1 aromatic rings. The maximum Gasteiger partial charge on any atom is 0.238 e. The SMILES string of the molecule is CCN(CC(=O)Nc1cccc(C)c1C)CC(C)(C)O. The third-order valence-electron chi connectivity index (χ3n) is 3.30. The van der Waals surface area contributed by atoms with Crippen molar-refractivity contribution in [2.75, 3.05) is 25.0 Å². The molecule has 0 saturated carbocycles. The molecule has 1 amide bonds. The van der Waals surface area contributed by atoms with Crippen molar-refractivity contribution in [2.45, 2.75) is 40.2 Å². The number of nitrogens with one attached hydrogen (secondary N) is 1. The molecule has 0 atom stereocenters. The minimum absolute atomic E-state index is 0.0511. The molecule has 0 aliphatic rings. The van der Waals surface area contributed by atoms with Crippen LogP contribution in [0.25, 0.3) is 0 Å². The van der Waals surface area contributed by atoms with Gasteiger partial charge < -0.3 is 10.4 Å². The number of hydrogen-bond donors (Lipinski definition) is 2. The number of carbonyl (C=O) groups excluding carboxylic acids is 1. The molecule has 0 saturated heterocycles. The molecule has 112 valence electrons. The van der Waals surface area contributed by atoms with Gasteiger partial charge in [-0.05, 0) is 51.4 Å². The summed E-state index contributed by atoms with van der Waals surface area (Å²) in [5.41, 5.74) is 2.31.